The number of benzene rings is 1. The second kappa shape index (κ2) is 3.76. The molecular formula is C11H12F3N. The van der Waals surface area contributed by atoms with Gasteiger partial charge in [-0.1, -0.05) is 18.2 Å². The fraction of sp³-hybridized carbons (Fsp3) is 0.455. The van der Waals surface area contributed by atoms with Gasteiger partial charge in [0.25, 0.3) is 0 Å². The molecule has 1 aliphatic carbocycles. The van der Waals surface area contributed by atoms with Crippen LogP contribution in [-0.2, 0) is 0 Å². The van der Waals surface area contributed by atoms with Crippen molar-refractivity contribution in [2.75, 3.05) is 5.32 Å². The summed E-state index contributed by atoms with van der Waals surface area (Å²) in [5.74, 6) is -1.11. The van der Waals surface area contributed by atoms with E-state index in [4.69, 9.17) is 0 Å². The molecule has 4 heteroatoms. The van der Waals surface area contributed by atoms with E-state index in [0.717, 1.165) is 5.69 Å². The van der Waals surface area contributed by atoms with Crippen molar-refractivity contribution in [3.8, 4) is 0 Å². The zero-order valence-corrected chi connectivity index (χ0v) is 8.09. The largest absolute Gasteiger partial charge is 0.391 e. The highest BCUT2D eigenvalue weighted by Gasteiger charge is 2.47. The smallest absolute Gasteiger partial charge is 0.382 e. The molecule has 0 aromatic heterocycles. The molecule has 15 heavy (non-hydrogen) atoms. The van der Waals surface area contributed by atoms with Crippen LogP contribution in [0, 0.1) is 5.92 Å². The van der Waals surface area contributed by atoms with Gasteiger partial charge in [0.1, 0.15) is 0 Å². The Labute approximate surface area is 86.3 Å². The maximum absolute atomic E-state index is 12.2. The molecule has 0 unspecified atom stereocenters. The quantitative estimate of drug-likeness (QED) is 0.796. The normalized spacial score (nSPS) is 25.8. The average Bonchev–Trinajstić information content (AvgIpc) is 2.10. The second-order valence-corrected chi connectivity index (χ2v) is 3.92. The average molecular weight is 215 g/mol. The third kappa shape index (κ3) is 2.43. The van der Waals surface area contributed by atoms with Crippen LogP contribution in [0.4, 0.5) is 18.9 Å². The molecule has 0 atom stereocenters. The molecule has 1 aliphatic rings. The summed E-state index contributed by atoms with van der Waals surface area (Å²) >= 11 is 0. The summed E-state index contributed by atoms with van der Waals surface area (Å²) in [4.78, 5) is 0. The highest BCUT2D eigenvalue weighted by atomic mass is 19.4. The van der Waals surface area contributed by atoms with Crippen LogP contribution in [0.5, 0.6) is 0 Å². The van der Waals surface area contributed by atoms with Crippen LogP contribution >= 0.6 is 0 Å². The second-order valence-electron chi connectivity index (χ2n) is 3.92. The van der Waals surface area contributed by atoms with E-state index in [0.29, 0.717) is 0 Å². The molecular weight excluding hydrogens is 203 g/mol. The minimum atomic E-state index is -4.02. The lowest BCUT2D eigenvalue weighted by molar-refractivity contribution is -0.195. The number of hydrogen-bond acceptors (Lipinski definition) is 1. The number of halogens is 3. The first-order chi connectivity index (χ1) is 7.05. The first kappa shape index (κ1) is 10.3. The van der Waals surface area contributed by atoms with E-state index in [1.165, 1.54) is 0 Å². The standard InChI is InChI=1S/C11H12F3N/c12-11(13,14)8-6-10(7-8)15-9-4-2-1-3-5-9/h1-5,8,10,15H,6-7H2. The van der Waals surface area contributed by atoms with Crippen LogP contribution < -0.4 is 5.32 Å². The summed E-state index contributed by atoms with van der Waals surface area (Å²) in [6.45, 7) is 0. The van der Waals surface area contributed by atoms with E-state index >= 15 is 0 Å². The number of anilines is 1. The number of hydrogen-bond donors (Lipinski definition) is 1. The van der Waals surface area contributed by atoms with Gasteiger partial charge in [0, 0.05) is 11.7 Å². The molecule has 1 nitrogen and oxygen atoms in total. The molecule has 0 saturated heterocycles. The minimum Gasteiger partial charge on any atom is -0.382 e. The molecule has 1 aromatic rings. The van der Waals surface area contributed by atoms with Gasteiger partial charge in [-0.05, 0) is 25.0 Å². The van der Waals surface area contributed by atoms with E-state index in [-0.39, 0.29) is 18.9 Å². The molecule has 0 bridgehead atoms. The summed E-state index contributed by atoms with van der Waals surface area (Å²) in [5.41, 5.74) is 0.892. The van der Waals surface area contributed by atoms with E-state index in [2.05, 4.69) is 5.32 Å². The Balaban J connectivity index is 1.82. The fourth-order valence-corrected chi connectivity index (χ4v) is 1.77. The predicted octanol–water partition coefficient (Wildman–Crippen LogP) is 3.44. The van der Waals surface area contributed by atoms with Crippen LogP contribution in [0.3, 0.4) is 0 Å². The third-order valence-corrected chi connectivity index (χ3v) is 2.75. The van der Waals surface area contributed by atoms with Crippen molar-refractivity contribution in [2.45, 2.75) is 25.1 Å². The summed E-state index contributed by atoms with van der Waals surface area (Å²) in [6, 6.07) is 9.30. The van der Waals surface area contributed by atoms with Gasteiger partial charge in [0.2, 0.25) is 0 Å². The Morgan fingerprint density at radius 1 is 1.07 bits per heavy atom. The van der Waals surface area contributed by atoms with E-state index in [1.807, 2.05) is 30.3 Å². The summed E-state index contributed by atoms with van der Waals surface area (Å²) < 4.78 is 36.6. The molecule has 0 radical (unpaired) electrons. The zero-order chi connectivity index (χ0) is 10.9. The maximum atomic E-state index is 12.2. The van der Waals surface area contributed by atoms with Crippen LogP contribution in [-0.4, -0.2) is 12.2 Å². The van der Waals surface area contributed by atoms with Crippen LogP contribution in [0.1, 0.15) is 12.8 Å². The van der Waals surface area contributed by atoms with Gasteiger partial charge in [0.15, 0.2) is 0 Å². The number of nitrogens with one attached hydrogen (secondary N) is 1. The van der Waals surface area contributed by atoms with Gasteiger partial charge >= 0.3 is 6.18 Å². The Morgan fingerprint density at radius 3 is 2.20 bits per heavy atom. The lowest BCUT2D eigenvalue weighted by Gasteiger charge is -2.37. The Morgan fingerprint density at radius 2 is 1.67 bits per heavy atom. The molecule has 1 saturated carbocycles. The number of rotatable bonds is 2. The molecule has 0 spiro atoms. The van der Waals surface area contributed by atoms with Gasteiger partial charge in [0.05, 0.1) is 5.92 Å². The van der Waals surface area contributed by atoms with Crippen LogP contribution in [0.15, 0.2) is 30.3 Å². The lowest BCUT2D eigenvalue weighted by Crippen LogP contribution is -2.43. The van der Waals surface area contributed by atoms with E-state index in [9.17, 15) is 13.2 Å². The van der Waals surface area contributed by atoms with E-state index < -0.39 is 12.1 Å². The van der Waals surface area contributed by atoms with Crippen molar-refractivity contribution in [3.05, 3.63) is 30.3 Å². The maximum Gasteiger partial charge on any atom is 0.391 e. The number of para-hydroxylation sites is 1. The summed E-state index contributed by atoms with van der Waals surface area (Å²) in [5, 5.41) is 3.08. The SMILES string of the molecule is FC(F)(F)C1CC(Nc2ccccc2)C1. The Bertz CT molecular complexity index is 314. The Hall–Kier alpha value is -1.19. The van der Waals surface area contributed by atoms with Crippen molar-refractivity contribution >= 4 is 5.69 Å². The highest BCUT2D eigenvalue weighted by molar-refractivity contribution is 5.43. The van der Waals surface area contributed by atoms with Crippen LogP contribution in [0.25, 0.3) is 0 Å². The zero-order valence-electron chi connectivity index (χ0n) is 8.09. The monoisotopic (exact) mass is 215 g/mol. The van der Waals surface area contributed by atoms with Crippen LogP contribution in [0.2, 0.25) is 0 Å². The first-order valence-corrected chi connectivity index (χ1v) is 4.94. The molecule has 1 fully saturated rings. The molecule has 2 rings (SSSR count). The van der Waals surface area contributed by atoms with Gasteiger partial charge in [-0.25, -0.2) is 0 Å². The summed E-state index contributed by atoms with van der Waals surface area (Å²) in [6.07, 6.45) is -3.63. The van der Waals surface area contributed by atoms with Crippen molar-refractivity contribution < 1.29 is 13.2 Å². The molecule has 0 amide bonds. The van der Waals surface area contributed by atoms with Crippen molar-refractivity contribution in [1.82, 2.24) is 0 Å². The van der Waals surface area contributed by atoms with Gasteiger partial charge < -0.3 is 5.32 Å². The third-order valence-electron chi connectivity index (χ3n) is 2.75. The first-order valence-electron chi connectivity index (χ1n) is 4.94. The molecule has 0 aliphatic heterocycles. The van der Waals surface area contributed by atoms with Gasteiger partial charge in [-0.15, -0.1) is 0 Å². The van der Waals surface area contributed by atoms with Crippen molar-refractivity contribution in [3.63, 3.8) is 0 Å². The topological polar surface area (TPSA) is 12.0 Å². The molecule has 82 valence electrons. The van der Waals surface area contributed by atoms with Crippen molar-refractivity contribution in [2.24, 2.45) is 5.92 Å². The van der Waals surface area contributed by atoms with Gasteiger partial charge in [-0.3, -0.25) is 0 Å². The summed E-state index contributed by atoms with van der Waals surface area (Å²) in [7, 11) is 0. The Kier molecular flexibility index (Phi) is 2.59. The van der Waals surface area contributed by atoms with Gasteiger partial charge in [-0.2, -0.15) is 13.2 Å². The van der Waals surface area contributed by atoms with E-state index in [1.54, 1.807) is 0 Å². The molecule has 0 heterocycles. The number of alkyl halides is 3. The lowest BCUT2D eigenvalue weighted by atomic mass is 9.79. The minimum absolute atomic E-state index is 0.0287. The van der Waals surface area contributed by atoms with Crippen molar-refractivity contribution in [1.29, 1.82) is 0 Å². The highest BCUT2D eigenvalue weighted by Crippen LogP contribution is 2.42. The molecule has 1 N–H and O–H groups in total. The predicted molar refractivity (Wildman–Crippen MR) is 52.6 cm³/mol. The fourth-order valence-electron chi connectivity index (χ4n) is 1.77. The molecule has 1 aromatic carbocycles.